The Hall–Kier alpha value is -4.13. The minimum atomic E-state index is -1.02. The van der Waals surface area contributed by atoms with Crippen molar-refractivity contribution < 1.29 is 19.1 Å². The van der Waals surface area contributed by atoms with Crippen LogP contribution in [0.2, 0.25) is 0 Å². The number of carbonyl (C=O) groups is 1. The molecule has 4 rings (SSSR count). The van der Waals surface area contributed by atoms with Crippen LogP contribution in [-0.2, 0) is 0 Å². The molecule has 0 fully saturated rings. The highest BCUT2D eigenvalue weighted by molar-refractivity contribution is 5.94. The number of ether oxygens (including phenoxy) is 1. The van der Waals surface area contributed by atoms with Gasteiger partial charge >= 0.3 is 5.97 Å². The quantitative estimate of drug-likeness (QED) is 0.442. The van der Waals surface area contributed by atoms with Gasteiger partial charge in [-0.2, -0.15) is 0 Å². The van der Waals surface area contributed by atoms with Gasteiger partial charge in [-0.25, -0.2) is 9.78 Å². The van der Waals surface area contributed by atoms with Gasteiger partial charge in [-0.3, -0.25) is 4.79 Å². The zero-order chi connectivity index (χ0) is 22.8. The maximum absolute atomic E-state index is 12.9. The number of nitrogens with one attached hydrogen (secondary N) is 1. The molecular formula is C25H22N2O5. The SMILES string of the molecule is COc1cccc(-c2cc(=O)c3cc(C)cc(C(C)Nc4ccccc4C(=O)O)c3o2)n1. The number of hydrogen-bond donors (Lipinski definition) is 2. The van der Waals surface area contributed by atoms with Crippen molar-refractivity contribution in [2.24, 2.45) is 0 Å². The molecule has 0 saturated carbocycles. The van der Waals surface area contributed by atoms with E-state index in [-0.39, 0.29) is 17.0 Å². The summed E-state index contributed by atoms with van der Waals surface area (Å²) >= 11 is 0. The summed E-state index contributed by atoms with van der Waals surface area (Å²) in [6, 6.07) is 16.7. The molecule has 0 amide bonds. The number of aromatic nitrogens is 1. The molecule has 2 aromatic heterocycles. The Morgan fingerprint density at radius 3 is 2.66 bits per heavy atom. The summed E-state index contributed by atoms with van der Waals surface area (Å²) in [7, 11) is 1.52. The van der Waals surface area contributed by atoms with Crippen LogP contribution in [0.3, 0.4) is 0 Å². The lowest BCUT2D eigenvalue weighted by Gasteiger charge is -2.19. The van der Waals surface area contributed by atoms with E-state index in [0.717, 1.165) is 11.1 Å². The molecule has 2 N–H and O–H groups in total. The first-order valence-corrected chi connectivity index (χ1v) is 10.1. The maximum Gasteiger partial charge on any atom is 0.337 e. The van der Waals surface area contributed by atoms with Crippen LogP contribution in [0, 0.1) is 6.92 Å². The molecule has 7 heteroatoms. The molecule has 1 atom stereocenters. The number of aryl methyl sites for hydroxylation is 1. The summed E-state index contributed by atoms with van der Waals surface area (Å²) in [5.41, 5.74) is 3.00. The van der Waals surface area contributed by atoms with E-state index >= 15 is 0 Å². The molecule has 1 unspecified atom stereocenters. The maximum atomic E-state index is 12.9. The third-order valence-electron chi connectivity index (χ3n) is 5.18. The normalized spacial score (nSPS) is 11.8. The number of aromatic carboxylic acids is 1. The summed E-state index contributed by atoms with van der Waals surface area (Å²) in [6.07, 6.45) is 0. The van der Waals surface area contributed by atoms with Gasteiger partial charge in [-0.05, 0) is 43.7 Å². The Morgan fingerprint density at radius 2 is 1.91 bits per heavy atom. The standard InChI is InChI=1S/C25H22N2O5/c1-14-11-17(15(2)26-19-8-5-4-7-16(19)25(29)30)24-18(12-14)21(28)13-22(32-24)20-9-6-10-23(27-20)31-3/h4-13,15,26H,1-3H3,(H,29,30). The van der Waals surface area contributed by atoms with Crippen molar-refractivity contribution in [3.8, 4) is 17.3 Å². The van der Waals surface area contributed by atoms with Crippen LogP contribution >= 0.6 is 0 Å². The first-order valence-electron chi connectivity index (χ1n) is 10.1. The van der Waals surface area contributed by atoms with Crippen LogP contribution in [0.15, 0.2) is 69.9 Å². The largest absolute Gasteiger partial charge is 0.481 e. The van der Waals surface area contributed by atoms with E-state index in [1.165, 1.54) is 13.2 Å². The number of anilines is 1. The molecule has 0 aliphatic heterocycles. The highest BCUT2D eigenvalue weighted by Crippen LogP contribution is 2.31. The van der Waals surface area contributed by atoms with Crippen LogP contribution in [0.1, 0.15) is 34.5 Å². The van der Waals surface area contributed by atoms with Crippen LogP contribution in [0.4, 0.5) is 5.69 Å². The Labute approximate surface area is 184 Å². The summed E-state index contributed by atoms with van der Waals surface area (Å²) < 4.78 is 11.4. The molecule has 2 heterocycles. The summed E-state index contributed by atoms with van der Waals surface area (Å²) in [6.45, 7) is 3.79. The Balaban J connectivity index is 1.85. The number of para-hydroxylation sites is 1. The van der Waals surface area contributed by atoms with E-state index in [9.17, 15) is 14.7 Å². The Bertz CT molecular complexity index is 1380. The molecule has 0 spiro atoms. The number of rotatable bonds is 6. The molecule has 32 heavy (non-hydrogen) atoms. The summed E-state index contributed by atoms with van der Waals surface area (Å²) in [4.78, 5) is 28.9. The minimum absolute atomic E-state index is 0.166. The van der Waals surface area contributed by atoms with Crippen LogP contribution in [0.25, 0.3) is 22.4 Å². The minimum Gasteiger partial charge on any atom is -0.481 e. The van der Waals surface area contributed by atoms with Crippen molar-refractivity contribution in [2.75, 3.05) is 12.4 Å². The molecule has 0 saturated heterocycles. The second-order valence-electron chi connectivity index (χ2n) is 7.49. The van der Waals surface area contributed by atoms with Gasteiger partial charge in [0.1, 0.15) is 11.3 Å². The van der Waals surface area contributed by atoms with Crippen molar-refractivity contribution in [3.05, 3.63) is 87.6 Å². The van der Waals surface area contributed by atoms with Crippen LogP contribution in [-0.4, -0.2) is 23.2 Å². The lowest BCUT2D eigenvalue weighted by atomic mass is 10.0. The second kappa shape index (κ2) is 8.55. The monoisotopic (exact) mass is 430 g/mol. The smallest absolute Gasteiger partial charge is 0.337 e. The fourth-order valence-electron chi connectivity index (χ4n) is 3.65. The van der Waals surface area contributed by atoms with E-state index in [1.54, 1.807) is 48.5 Å². The number of nitrogens with zero attached hydrogens (tertiary/aromatic N) is 1. The molecule has 0 bridgehead atoms. The zero-order valence-corrected chi connectivity index (χ0v) is 17.9. The van der Waals surface area contributed by atoms with Crippen LogP contribution in [0.5, 0.6) is 5.88 Å². The van der Waals surface area contributed by atoms with E-state index in [0.29, 0.717) is 34.0 Å². The number of fused-ring (bicyclic) bond motifs is 1. The average Bonchev–Trinajstić information content (AvgIpc) is 2.79. The van der Waals surface area contributed by atoms with Gasteiger partial charge in [0.05, 0.1) is 24.1 Å². The predicted molar refractivity (Wildman–Crippen MR) is 122 cm³/mol. The van der Waals surface area contributed by atoms with Gasteiger partial charge in [0, 0.05) is 23.4 Å². The number of benzene rings is 2. The highest BCUT2D eigenvalue weighted by Gasteiger charge is 2.18. The predicted octanol–water partition coefficient (Wildman–Crippen LogP) is 5.04. The van der Waals surface area contributed by atoms with Gasteiger partial charge in [-0.1, -0.05) is 24.3 Å². The molecule has 2 aromatic carbocycles. The zero-order valence-electron chi connectivity index (χ0n) is 17.9. The van der Waals surface area contributed by atoms with Gasteiger partial charge in [0.25, 0.3) is 0 Å². The number of pyridine rings is 1. The number of carboxylic acid groups (broad SMARTS) is 1. The van der Waals surface area contributed by atoms with Gasteiger partial charge < -0.3 is 19.6 Å². The Morgan fingerprint density at radius 1 is 1.12 bits per heavy atom. The first-order chi connectivity index (χ1) is 15.4. The van der Waals surface area contributed by atoms with Crippen molar-refractivity contribution in [2.45, 2.75) is 19.9 Å². The molecule has 0 aliphatic carbocycles. The van der Waals surface area contributed by atoms with Crippen LogP contribution < -0.4 is 15.5 Å². The number of carboxylic acids is 1. The van der Waals surface area contributed by atoms with E-state index in [4.69, 9.17) is 9.15 Å². The molecule has 7 nitrogen and oxygen atoms in total. The number of hydrogen-bond acceptors (Lipinski definition) is 6. The molecule has 162 valence electrons. The fourth-order valence-corrected chi connectivity index (χ4v) is 3.65. The van der Waals surface area contributed by atoms with Crippen molar-refractivity contribution in [3.63, 3.8) is 0 Å². The molecule has 0 aliphatic rings. The number of methoxy groups -OCH3 is 1. The first kappa shape index (κ1) is 21.1. The summed E-state index contributed by atoms with van der Waals surface area (Å²) in [5, 5.41) is 13.2. The van der Waals surface area contributed by atoms with Gasteiger partial charge in [-0.15, -0.1) is 0 Å². The Kier molecular flexibility index (Phi) is 5.64. The average molecular weight is 430 g/mol. The van der Waals surface area contributed by atoms with Crippen molar-refractivity contribution in [1.29, 1.82) is 0 Å². The van der Waals surface area contributed by atoms with Gasteiger partial charge in [0.15, 0.2) is 11.2 Å². The van der Waals surface area contributed by atoms with E-state index in [2.05, 4.69) is 10.3 Å². The lowest BCUT2D eigenvalue weighted by Crippen LogP contribution is -2.12. The molecule has 0 radical (unpaired) electrons. The lowest BCUT2D eigenvalue weighted by molar-refractivity contribution is 0.0698. The van der Waals surface area contributed by atoms with Crippen molar-refractivity contribution in [1.82, 2.24) is 4.98 Å². The molecule has 4 aromatic rings. The summed E-state index contributed by atoms with van der Waals surface area (Å²) in [5.74, 6) is -0.286. The van der Waals surface area contributed by atoms with Gasteiger partial charge in [0.2, 0.25) is 5.88 Å². The third-order valence-corrected chi connectivity index (χ3v) is 5.18. The topological polar surface area (TPSA) is 102 Å². The van der Waals surface area contributed by atoms with E-state index < -0.39 is 5.97 Å². The molecular weight excluding hydrogens is 408 g/mol. The third kappa shape index (κ3) is 4.05. The fraction of sp³-hybridized carbons (Fsp3) is 0.160. The van der Waals surface area contributed by atoms with E-state index in [1.807, 2.05) is 19.9 Å². The second-order valence-corrected chi connectivity index (χ2v) is 7.49. The highest BCUT2D eigenvalue weighted by atomic mass is 16.5. The van der Waals surface area contributed by atoms with Crippen molar-refractivity contribution >= 4 is 22.6 Å².